The van der Waals surface area contributed by atoms with Gasteiger partial charge in [0, 0.05) is 6.54 Å². The summed E-state index contributed by atoms with van der Waals surface area (Å²) in [4.78, 5) is 10.8. The number of ether oxygens (including phenoxy) is 1. The lowest BCUT2D eigenvalue weighted by atomic mass is 9.88. The van der Waals surface area contributed by atoms with E-state index in [4.69, 9.17) is 0 Å². The van der Waals surface area contributed by atoms with Gasteiger partial charge in [0.25, 0.3) is 0 Å². The van der Waals surface area contributed by atoms with E-state index in [1.165, 1.54) is 7.11 Å². The second-order valence-electron chi connectivity index (χ2n) is 3.60. The Morgan fingerprint density at radius 1 is 1.69 bits per heavy atom. The van der Waals surface area contributed by atoms with Crippen LogP contribution in [0.4, 0.5) is 4.79 Å². The number of hydrogen-bond acceptors (Lipinski definition) is 3. The third kappa shape index (κ3) is 3.22. The molecular formula is C9H18N2O2. The van der Waals surface area contributed by atoms with Crippen LogP contribution < -0.4 is 10.6 Å². The molecular weight excluding hydrogens is 168 g/mol. The van der Waals surface area contributed by atoms with Gasteiger partial charge in [0.15, 0.2) is 0 Å². The molecule has 1 saturated heterocycles. The molecule has 1 amide bonds. The van der Waals surface area contributed by atoms with E-state index in [1.807, 2.05) is 0 Å². The van der Waals surface area contributed by atoms with Gasteiger partial charge in [-0.05, 0) is 31.3 Å². The first-order valence-electron chi connectivity index (χ1n) is 4.76. The van der Waals surface area contributed by atoms with Gasteiger partial charge in [0.2, 0.25) is 0 Å². The molecule has 0 bridgehead atoms. The number of piperidine rings is 1. The van der Waals surface area contributed by atoms with E-state index >= 15 is 0 Å². The summed E-state index contributed by atoms with van der Waals surface area (Å²) in [5, 5.41) is 6.07. The van der Waals surface area contributed by atoms with E-state index in [2.05, 4.69) is 22.3 Å². The number of hydrogen-bond donors (Lipinski definition) is 2. The van der Waals surface area contributed by atoms with Crippen molar-refractivity contribution in [1.29, 1.82) is 0 Å². The maximum atomic E-state index is 10.8. The zero-order chi connectivity index (χ0) is 9.68. The van der Waals surface area contributed by atoms with Crippen molar-refractivity contribution in [2.24, 2.45) is 11.8 Å². The summed E-state index contributed by atoms with van der Waals surface area (Å²) in [6, 6.07) is 0. The minimum Gasteiger partial charge on any atom is -0.453 e. The molecule has 2 N–H and O–H groups in total. The van der Waals surface area contributed by atoms with Gasteiger partial charge in [-0.2, -0.15) is 0 Å². The highest BCUT2D eigenvalue weighted by atomic mass is 16.5. The third-order valence-corrected chi connectivity index (χ3v) is 2.66. The molecule has 0 aromatic rings. The molecule has 76 valence electrons. The average Bonchev–Trinajstić information content (AvgIpc) is 2.16. The van der Waals surface area contributed by atoms with Gasteiger partial charge in [-0.1, -0.05) is 6.92 Å². The van der Waals surface area contributed by atoms with Gasteiger partial charge in [-0.15, -0.1) is 0 Å². The van der Waals surface area contributed by atoms with Gasteiger partial charge >= 0.3 is 6.09 Å². The summed E-state index contributed by atoms with van der Waals surface area (Å²) < 4.78 is 4.51. The van der Waals surface area contributed by atoms with Crippen LogP contribution in [-0.2, 0) is 4.74 Å². The van der Waals surface area contributed by atoms with Crippen LogP contribution in [0.3, 0.4) is 0 Å². The summed E-state index contributed by atoms with van der Waals surface area (Å²) in [6.45, 7) is 5.04. The van der Waals surface area contributed by atoms with Crippen LogP contribution in [0, 0.1) is 11.8 Å². The molecule has 1 rings (SSSR count). The van der Waals surface area contributed by atoms with Crippen molar-refractivity contribution in [3.63, 3.8) is 0 Å². The third-order valence-electron chi connectivity index (χ3n) is 2.66. The van der Waals surface area contributed by atoms with E-state index in [0.717, 1.165) is 26.1 Å². The summed E-state index contributed by atoms with van der Waals surface area (Å²) in [6.07, 6.45) is 0.802. The SMILES string of the molecule is COC(=O)NCC1CCNCC1C. The summed E-state index contributed by atoms with van der Waals surface area (Å²) in [7, 11) is 1.39. The van der Waals surface area contributed by atoms with E-state index in [-0.39, 0.29) is 6.09 Å². The Hall–Kier alpha value is -0.770. The number of amides is 1. The molecule has 0 aromatic heterocycles. The Labute approximate surface area is 79.0 Å². The van der Waals surface area contributed by atoms with Crippen LogP contribution >= 0.6 is 0 Å². The largest absolute Gasteiger partial charge is 0.453 e. The minimum absolute atomic E-state index is 0.328. The molecule has 1 aliphatic rings. The fraction of sp³-hybridized carbons (Fsp3) is 0.889. The molecule has 4 heteroatoms. The molecule has 1 fully saturated rings. The van der Waals surface area contributed by atoms with Gasteiger partial charge in [-0.3, -0.25) is 0 Å². The lowest BCUT2D eigenvalue weighted by Crippen LogP contribution is -2.41. The monoisotopic (exact) mass is 186 g/mol. The van der Waals surface area contributed by atoms with Gasteiger partial charge in [-0.25, -0.2) is 4.79 Å². The smallest absolute Gasteiger partial charge is 0.406 e. The molecule has 0 saturated carbocycles. The molecule has 0 spiro atoms. The number of carbonyl (C=O) groups is 1. The second-order valence-corrected chi connectivity index (χ2v) is 3.60. The topological polar surface area (TPSA) is 50.4 Å². The van der Waals surface area contributed by atoms with Gasteiger partial charge in [0.05, 0.1) is 7.11 Å². The molecule has 0 aliphatic carbocycles. The number of methoxy groups -OCH3 is 1. The lowest BCUT2D eigenvalue weighted by molar-refractivity contribution is 0.164. The van der Waals surface area contributed by atoms with Crippen LogP contribution in [0.25, 0.3) is 0 Å². The van der Waals surface area contributed by atoms with Crippen molar-refractivity contribution < 1.29 is 9.53 Å². The van der Waals surface area contributed by atoms with Crippen molar-refractivity contribution in [3.05, 3.63) is 0 Å². The van der Waals surface area contributed by atoms with E-state index in [9.17, 15) is 4.79 Å². The van der Waals surface area contributed by atoms with Crippen LogP contribution in [0.5, 0.6) is 0 Å². The zero-order valence-electron chi connectivity index (χ0n) is 8.30. The standard InChI is InChI=1S/C9H18N2O2/c1-7-5-10-4-3-8(7)6-11-9(12)13-2/h7-8,10H,3-6H2,1-2H3,(H,11,12). The molecule has 4 nitrogen and oxygen atoms in total. The molecule has 2 atom stereocenters. The molecule has 1 aliphatic heterocycles. The number of rotatable bonds is 2. The molecule has 13 heavy (non-hydrogen) atoms. The quantitative estimate of drug-likeness (QED) is 0.663. The summed E-state index contributed by atoms with van der Waals surface area (Å²) >= 11 is 0. The van der Waals surface area contributed by atoms with Gasteiger partial charge < -0.3 is 15.4 Å². The highest BCUT2D eigenvalue weighted by Gasteiger charge is 2.21. The number of alkyl carbamates (subject to hydrolysis) is 1. The van der Waals surface area contributed by atoms with E-state index < -0.39 is 0 Å². The molecule has 1 heterocycles. The molecule has 0 radical (unpaired) electrons. The van der Waals surface area contributed by atoms with Crippen molar-refractivity contribution >= 4 is 6.09 Å². The van der Waals surface area contributed by atoms with Crippen molar-refractivity contribution in [2.45, 2.75) is 13.3 Å². The molecule has 0 aromatic carbocycles. The first-order chi connectivity index (χ1) is 6.24. The van der Waals surface area contributed by atoms with Crippen molar-refractivity contribution in [3.8, 4) is 0 Å². The summed E-state index contributed by atoms with van der Waals surface area (Å²) in [5.41, 5.74) is 0. The second kappa shape index (κ2) is 5.07. The number of carbonyl (C=O) groups excluding carboxylic acids is 1. The maximum absolute atomic E-state index is 10.8. The fourth-order valence-electron chi connectivity index (χ4n) is 1.66. The predicted octanol–water partition coefficient (Wildman–Crippen LogP) is 0.588. The molecule has 2 unspecified atom stereocenters. The maximum Gasteiger partial charge on any atom is 0.406 e. The van der Waals surface area contributed by atoms with Crippen LogP contribution in [0.2, 0.25) is 0 Å². The first-order valence-corrected chi connectivity index (χ1v) is 4.76. The fourth-order valence-corrected chi connectivity index (χ4v) is 1.66. The summed E-state index contributed by atoms with van der Waals surface area (Å²) in [5.74, 6) is 1.21. The van der Waals surface area contributed by atoms with Crippen LogP contribution in [0.15, 0.2) is 0 Å². The highest BCUT2D eigenvalue weighted by Crippen LogP contribution is 2.17. The first kappa shape index (κ1) is 10.3. The Morgan fingerprint density at radius 2 is 2.46 bits per heavy atom. The highest BCUT2D eigenvalue weighted by molar-refractivity contribution is 5.66. The Kier molecular flexibility index (Phi) is 4.02. The van der Waals surface area contributed by atoms with Crippen molar-refractivity contribution in [2.75, 3.05) is 26.7 Å². The van der Waals surface area contributed by atoms with Crippen molar-refractivity contribution in [1.82, 2.24) is 10.6 Å². The Bertz CT molecular complexity index is 173. The normalized spacial score (nSPS) is 28.2. The average molecular weight is 186 g/mol. The minimum atomic E-state index is -0.328. The Morgan fingerprint density at radius 3 is 3.08 bits per heavy atom. The zero-order valence-corrected chi connectivity index (χ0v) is 8.30. The van der Waals surface area contributed by atoms with E-state index in [1.54, 1.807) is 0 Å². The predicted molar refractivity (Wildman–Crippen MR) is 50.5 cm³/mol. The van der Waals surface area contributed by atoms with Gasteiger partial charge in [0.1, 0.15) is 0 Å². The lowest BCUT2D eigenvalue weighted by Gasteiger charge is -2.29. The Balaban J connectivity index is 2.22. The van der Waals surface area contributed by atoms with Crippen LogP contribution in [0.1, 0.15) is 13.3 Å². The number of nitrogens with one attached hydrogen (secondary N) is 2. The van der Waals surface area contributed by atoms with Crippen LogP contribution in [-0.4, -0.2) is 32.8 Å². The van der Waals surface area contributed by atoms with E-state index in [0.29, 0.717) is 11.8 Å².